The molecule has 1 saturated heterocycles. The van der Waals surface area contributed by atoms with Gasteiger partial charge in [0.25, 0.3) is 5.91 Å². The van der Waals surface area contributed by atoms with Crippen LogP contribution in [-0.4, -0.2) is 50.4 Å². The summed E-state index contributed by atoms with van der Waals surface area (Å²) < 4.78 is 0. The molecule has 0 bridgehead atoms. The number of nitrogens with zero attached hydrogens (tertiary/aromatic N) is 3. The van der Waals surface area contributed by atoms with Gasteiger partial charge in [-0.15, -0.1) is 0 Å². The molecule has 1 aromatic carbocycles. The molecule has 2 heterocycles. The minimum atomic E-state index is -0.803. The van der Waals surface area contributed by atoms with Crippen LogP contribution in [0.4, 0.5) is 4.79 Å². The zero-order valence-corrected chi connectivity index (χ0v) is 15.7. The van der Waals surface area contributed by atoms with Crippen LogP contribution in [0.15, 0.2) is 42.7 Å². The van der Waals surface area contributed by atoms with Gasteiger partial charge in [-0.2, -0.15) is 5.10 Å². The average molecular weight is 381 g/mol. The van der Waals surface area contributed by atoms with Gasteiger partial charge in [-0.05, 0) is 31.2 Å². The molecule has 1 aliphatic carbocycles. The summed E-state index contributed by atoms with van der Waals surface area (Å²) in [5.41, 5.74) is 1.60. The second-order valence-corrected chi connectivity index (χ2v) is 7.42. The molecule has 1 saturated carbocycles. The number of H-pyrrole nitrogens is 1. The number of amides is 4. The Bertz CT molecular complexity index is 863. The van der Waals surface area contributed by atoms with Gasteiger partial charge < -0.3 is 10.2 Å². The van der Waals surface area contributed by atoms with Crippen LogP contribution >= 0.6 is 0 Å². The van der Waals surface area contributed by atoms with E-state index in [9.17, 15) is 14.4 Å². The first-order chi connectivity index (χ1) is 13.5. The van der Waals surface area contributed by atoms with Gasteiger partial charge in [-0.3, -0.25) is 19.6 Å². The van der Waals surface area contributed by atoms with Gasteiger partial charge >= 0.3 is 6.03 Å². The van der Waals surface area contributed by atoms with E-state index in [1.165, 1.54) is 6.20 Å². The number of carbonyl (C=O) groups is 3. The Morgan fingerprint density at radius 2 is 2.04 bits per heavy atom. The molecule has 28 heavy (non-hydrogen) atoms. The summed E-state index contributed by atoms with van der Waals surface area (Å²) in [6.45, 7) is 2.24. The lowest BCUT2D eigenvalue weighted by Gasteiger charge is -2.30. The molecule has 2 unspecified atom stereocenters. The number of aromatic amines is 1. The minimum Gasteiger partial charge on any atom is -0.334 e. The van der Waals surface area contributed by atoms with Crippen molar-refractivity contribution >= 4 is 17.8 Å². The SMILES string of the molecule is CC(C1CC1)N(Cc1ccccc1)C(=O)CN1C(=O)NC(c2cn[nH]c2)C1=O. The highest BCUT2D eigenvalue weighted by atomic mass is 16.2. The van der Waals surface area contributed by atoms with Gasteiger partial charge in [0, 0.05) is 24.3 Å². The van der Waals surface area contributed by atoms with E-state index in [2.05, 4.69) is 15.5 Å². The minimum absolute atomic E-state index is 0.0677. The average Bonchev–Trinajstić information content (AvgIpc) is 3.34. The molecule has 146 valence electrons. The van der Waals surface area contributed by atoms with Crippen molar-refractivity contribution in [2.24, 2.45) is 5.92 Å². The van der Waals surface area contributed by atoms with Crippen molar-refractivity contribution in [1.82, 2.24) is 25.3 Å². The summed E-state index contributed by atoms with van der Waals surface area (Å²) in [4.78, 5) is 40.9. The summed E-state index contributed by atoms with van der Waals surface area (Å²) in [7, 11) is 0. The Morgan fingerprint density at radius 3 is 2.68 bits per heavy atom. The molecule has 8 nitrogen and oxygen atoms in total. The number of aromatic nitrogens is 2. The highest BCUT2D eigenvalue weighted by molar-refractivity contribution is 6.06. The predicted octanol–water partition coefficient (Wildman–Crippen LogP) is 1.83. The molecule has 1 aromatic heterocycles. The molecule has 4 rings (SSSR count). The summed E-state index contributed by atoms with van der Waals surface area (Å²) >= 11 is 0. The molecule has 2 N–H and O–H groups in total. The van der Waals surface area contributed by atoms with Crippen molar-refractivity contribution in [2.45, 2.75) is 38.4 Å². The van der Waals surface area contributed by atoms with Gasteiger partial charge in [-0.25, -0.2) is 4.79 Å². The van der Waals surface area contributed by atoms with Crippen LogP contribution in [0.3, 0.4) is 0 Å². The maximum absolute atomic E-state index is 13.1. The molecule has 2 fully saturated rings. The number of rotatable bonds is 7. The first kappa shape index (κ1) is 18.2. The first-order valence-corrected chi connectivity index (χ1v) is 9.48. The zero-order valence-electron chi connectivity index (χ0n) is 15.7. The number of imide groups is 1. The highest BCUT2D eigenvalue weighted by Crippen LogP contribution is 2.36. The van der Waals surface area contributed by atoms with Crippen LogP contribution in [0.2, 0.25) is 0 Å². The maximum Gasteiger partial charge on any atom is 0.325 e. The van der Waals surface area contributed by atoms with Crippen LogP contribution in [0.5, 0.6) is 0 Å². The standard InChI is InChI=1S/C20H23N5O3/c1-13(15-7-8-15)24(11-14-5-3-2-4-6-14)17(26)12-25-19(27)18(23-20(25)28)16-9-21-22-10-16/h2-6,9-10,13,15,18H,7-8,11-12H2,1H3,(H,21,22)(H,23,28). The molecule has 2 atom stereocenters. The second-order valence-electron chi connectivity index (χ2n) is 7.42. The summed E-state index contributed by atoms with van der Waals surface area (Å²) in [6.07, 6.45) is 5.26. The number of nitrogens with one attached hydrogen (secondary N) is 2. The third kappa shape index (κ3) is 3.62. The molecule has 8 heteroatoms. The van der Waals surface area contributed by atoms with Crippen LogP contribution in [0.1, 0.15) is 36.9 Å². The lowest BCUT2D eigenvalue weighted by atomic mass is 10.1. The van der Waals surface area contributed by atoms with Crippen LogP contribution in [0, 0.1) is 5.92 Å². The van der Waals surface area contributed by atoms with E-state index >= 15 is 0 Å². The van der Waals surface area contributed by atoms with Crippen LogP contribution in [-0.2, 0) is 16.1 Å². The number of hydrogen-bond donors (Lipinski definition) is 2. The fourth-order valence-corrected chi connectivity index (χ4v) is 3.61. The lowest BCUT2D eigenvalue weighted by molar-refractivity contribution is -0.139. The molecule has 2 aliphatic rings. The number of benzene rings is 1. The van der Waals surface area contributed by atoms with Crippen molar-refractivity contribution in [3.05, 3.63) is 53.9 Å². The smallest absolute Gasteiger partial charge is 0.325 e. The lowest BCUT2D eigenvalue weighted by Crippen LogP contribution is -2.46. The molecular weight excluding hydrogens is 358 g/mol. The Balaban J connectivity index is 1.49. The van der Waals surface area contributed by atoms with Gasteiger partial charge in [0.2, 0.25) is 5.91 Å². The normalized spacial score (nSPS) is 20.2. The Morgan fingerprint density at radius 1 is 1.29 bits per heavy atom. The van der Waals surface area contributed by atoms with Gasteiger partial charge in [-0.1, -0.05) is 30.3 Å². The molecule has 4 amide bonds. The third-order valence-corrected chi connectivity index (χ3v) is 5.48. The molecular formula is C20H23N5O3. The van der Waals surface area contributed by atoms with E-state index in [1.54, 1.807) is 11.1 Å². The summed E-state index contributed by atoms with van der Waals surface area (Å²) in [5, 5.41) is 9.07. The molecule has 2 aromatic rings. The largest absolute Gasteiger partial charge is 0.334 e. The topological polar surface area (TPSA) is 98.4 Å². The van der Waals surface area contributed by atoms with Crippen molar-refractivity contribution < 1.29 is 14.4 Å². The van der Waals surface area contributed by atoms with Gasteiger partial charge in [0.15, 0.2) is 0 Å². The highest BCUT2D eigenvalue weighted by Gasteiger charge is 2.42. The number of urea groups is 1. The maximum atomic E-state index is 13.1. The Hall–Kier alpha value is -3.16. The molecule has 1 aliphatic heterocycles. The quantitative estimate of drug-likeness (QED) is 0.715. The fraction of sp³-hybridized carbons (Fsp3) is 0.400. The van der Waals surface area contributed by atoms with E-state index in [0.717, 1.165) is 23.3 Å². The first-order valence-electron chi connectivity index (χ1n) is 9.48. The van der Waals surface area contributed by atoms with E-state index < -0.39 is 18.0 Å². The van der Waals surface area contributed by atoms with Gasteiger partial charge in [0.1, 0.15) is 12.6 Å². The Labute approximate surface area is 162 Å². The summed E-state index contributed by atoms with van der Waals surface area (Å²) in [6, 6.07) is 8.47. The monoisotopic (exact) mass is 381 g/mol. The summed E-state index contributed by atoms with van der Waals surface area (Å²) in [5.74, 6) is -0.174. The van der Waals surface area contributed by atoms with Crippen LogP contribution in [0.25, 0.3) is 0 Å². The van der Waals surface area contributed by atoms with Crippen molar-refractivity contribution in [1.29, 1.82) is 0 Å². The van der Waals surface area contributed by atoms with E-state index in [0.29, 0.717) is 18.0 Å². The number of hydrogen-bond acceptors (Lipinski definition) is 4. The third-order valence-electron chi connectivity index (χ3n) is 5.48. The second kappa shape index (κ2) is 7.46. The zero-order chi connectivity index (χ0) is 19.7. The van der Waals surface area contributed by atoms with Crippen molar-refractivity contribution in [2.75, 3.05) is 6.54 Å². The van der Waals surface area contributed by atoms with E-state index in [1.807, 2.05) is 37.3 Å². The van der Waals surface area contributed by atoms with E-state index in [4.69, 9.17) is 0 Å². The number of carbonyl (C=O) groups excluding carboxylic acids is 3. The van der Waals surface area contributed by atoms with Gasteiger partial charge in [0.05, 0.1) is 6.20 Å². The van der Waals surface area contributed by atoms with Crippen molar-refractivity contribution in [3.63, 3.8) is 0 Å². The fourth-order valence-electron chi connectivity index (χ4n) is 3.61. The van der Waals surface area contributed by atoms with Crippen molar-refractivity contribution in [3.8, 4) is 0 Å². The Kier molecular flexibility index (Phi) is 4.85. The molecule has 0 radical (unpaired) electrons. The van der Waals surface area contributed by atoms with E-state index in [-0.39, 0.29) is 18.5 Å². The van der Waals surface area contributed by atoms with Crippen LogP contribution < -0.4 is 5.32 Å². The predicted molar refractivity (Wildman–Crippen MR) is 101 cm³/mol. The molecule has 0 spiro atoms.